The summed E-state index contributed by atoms with van der Waals surface area (Å²) in [6.07, 6.45) is 10.2. The second kappa shape index (κ2) is 5.11. The van der Waals surface area contributed by atoms with Gasteiger partial charge in [0.2, 0.25) is 0 Å². The molecule has 0 aliphatic heterocycles. The van der Waals surface area contributed by atoms with Gasteiger partial charge in [-0.1, -0.05) is 20.3 Å². The van der Waals surface area contributed by atoms with E-state index in [4.69, 9.17) is 0 Å². The third-order valence-electron chi connectivity index (χ3n) is 3.69. The van der Waals surface area contributed by atoms with Gasteiger partial charge in [0.1, 0.15) is 0 Å². The fourth-order valence-corrected chi connectivity index (χ4v) is 3.52. The van der Waals surface area contributed by atoms with E-state index < -0.39 is 0 Å². The molecule has 0 bridgehead atoms. The van der Waals surface area contributed by atoms with Crippen LogP contribution in [0, 0.1) is 5.92 Å². The Morgan fingerprint density at radius 2 is 2.00 bits per heavy atom. The van der Waals surface area contributed by atoms with E-state index in [1.165, 1.54) is 42.0 Å². The van der Waals surface area contributed by atoms with Gasteiger partial charge in [0.05, 0.1) is 5.01 Å². The Morgan fingerprint density at radius 1 is 1.27 bits per heavy atom. The number of rotatable bonds is 3. The Labute approximate surface area is 96.9 Å². The molecule has 1 aliphatic rings. The first-order chi connectivity index (χ1) is 7.33. The highest BCUT2D eigenvalue weighted by atomic mass is 32.1. The van der Waals surface area contributed by atoms with Crippen molar-refractivity contribution < 1.29 is 0 Å². The van der Waals surface area contributed by atoms with Crippen molar-refractivity contribution in [1.29, 1.82) is 0 Å². The summed E-state index contributed by atoms with van der Waals surface area (Å²) in [4.78, 5) is 6.03. The maximum absolute atomic E-state index is 4.58. The van der Waals surface area contributed by atoms with Crippen LogP contribution in [-0.4, -0.2) is 4.98 Å². The van der Waals surface area contributed by atoms with E-state index in [9.17, 15) is 0 Å². The molecular formula is C13H21NS. The predicted octanol–water partition coefficient (Wildman–Crippen LogP) is 4.39. The lowest BCUT2D eigenvalue weighted by Gasteiger charge is -2.26. The minimum Gasteiger partial charge on any atom is -0.249 e. The Hall–Kier alpha value is -0.370. The summed E-state index contributed by atoms with van der Waals surface area (Å²) in [5.74, 6) is 1.77. The molecule has 0 saturated heterocycles. The van der Waals surface area contributed by atoms with Gasteiger partial charge in [0, 0.05) is 17.0 Å². The molecule has 1 aromatic heterocycles. The smallest absolute Gasteiger partial charge is 0.0958 e. The molecule has 1 nitrogen and oxygen atoms in total. The molecule has 1 heterocycles. The molecule has 0 N–H and O–H groups in total. The quantitative estimate of drug-likeness (QED) is 0.740. The van der Waals surface area contributed by atoms with E-state index in [0.717, 1.165) is 18.3 Å². The summed E-state index contributed by atoms with van der Waals surface area (Å²) < 4.78 is 0. The summed E-state index contributed by atoms with van der Waals surface area (Å²) in [6, 6.07) is 0. The van der Waals surface area contributed by atoms with Crippen LogP contribution in [0.15, 0.2) is 6.20 Å². The highest BCUT2D eigenvalue weighted by Gasteiger charge is 2.23. The summed E-state index contributed by atoms with van der Waals surface area (Å²) >= 11 is 1.94. The number of nitrogens with zero attached hydrogens (tertiary/aromatic N) is 1. The number of aryl methyl sites for hydroxylation is 1. The molecule has 0 atom stereocenters. The lowest BCUT2D eigenvalue weighted by Crippen LogP contribution is -2.12. The van der Waals surface area contributed by atoms with Crippen molar-refractivity contribution in [1.82, 2.24) is 4.98 Å². The molecular weight excluding hydrogens is 202 g/mol. The molecule has 0 spiro atoms. The molecule has 15 heavy (non-hydrogen) atoms. The molecule has 0 aromatic carbocycles. The monoisotopic (exact) mass is 223 g/mol. The second-order valence-electron chi connectivity index (χ2n) is 4.64. The lowest BCUT2D eigenvalue weighted by atomic mass is 9.81. The van der Waals surface area contributed by atoms with Crippen LogP contribution in [0.3, 0.4) is 0 Å². The molecule has 1 aliphatic carbocycles. The average Bonchev–Trinajstić information content (AvgIpc) is 2.78. The van der Waals surface area contributed by atoms with Crippen LogP contribution in [0.25, 0.3) is 0 Å². The van der Waals surface area contributed by atoms with Crippen LogP contribution in [0.2, 0.25) is 0 Å². The Morgan fingerprint density at radius 3 is 2.53 bits per heavy atom. The maximum Gasteiger partial charge on any atom is 0.0958 e. The van der Waals surface area contributed by atoms with Gasteiger partial charge in [-0.2, -0.15) is 0 Å². The maximum atomic E-state index is 4.58. The van der Waals surface area contributed by atoms with Gasteiger partial charge in [-0.05, 0) is 38.0 Å². The molecule has 0 unspecified atom stereocenters. The molecule has 1 fully saturated rings. The van der Waals surface area contributed by atoms with E-state index in [0.29, 0.717) is 0 Å². The zero-order valence-corrected chi connectivity index (χ0v) is 10.6. The SMILES string of the molecule is CCc1cnc([C@H]2CC[C@H](CC)CC2)s1. The first kappa shape index (κ1) is 11.1. The van der Waals surface area contributed by atoms with E-state index in [2.05, 4.69) is 25.0 Å². The average molecular weight is 223 g/mol. The minimum atomic E-state index is 0.776. The van der Waals surface area contributed by atoms with Crippen molar-refractivity contribution in [2.24, 2.45) is 5.92 Å². The summed E-state index contributed by atoms with van der Waals surface area (Å²) in [5, 5.41) is 1.40. The van der Waals surface area contributed by atoms with Crippen LogP contribution in [0.1, 0.15) is 61.8 Å². The molecule has 84 valence electrons. The van der Waals surface area contributed by atoms with Crippen LogP contribution >= 0.6 is 11.3 Å². The van der Waals surface area contributed by atoms with Crippen LogP contribution in [0.5, 0.6) is 0 Å². The molecule has 2 heteroatoms. The topological polar surface area (TPSA) is 12.9 Å². The largest absolute Gasteiger partial charge is 0.249 e. The van der Waals surface area contributed by atoms with Gasteiger partial charge >= 0.3 is 0 Å². The van der Waals surface area contributed by atoms with E-state index in [-0.39, 0.29) is 0 Å². The zero-order chi connectivity index (χ0) is 10.7. The fourth-order valence-electron chi connectivity index (χ4n) is 2.49. The minimum absolute atomic E-state index is 0.776. The predicted molar refractivity (Wildman–Crippen MR) is 66.5 cm³/mol. The molecule has 1 saturated carbocycles. The molecule has 2 rings (SSSR count). The zero-order valence-electron chi connectivity index (χ0n) is 9.83. The molecule has 1 aromatic rings. The Kier molecular flexibility index (Phi) is 3.79. The molecule has 0 amide bonds. The van der Waals surface area contributed by atoms with Crippen molar-refractivity contribution in [2.75, 3.05) is 0 Å². The Balaban J connectivity index is 1.95. The Bertz CT molecular complexity index is 297. The summed E-state index contributed by atoms with van der Waals surface area (Å²) in [7, 11) is 0. The second-order valence-corrected chi connectivity index (χ2v) is 5.79. The van der Waals surface area contributed by atoms with Crippen molar-refractivity contribution in [3.05, 3.63) is 16.1 Å². The standard InChI is InChI=1S/C13H21NS/c1-3-10-5-7-11(8-6-10)13-14-9-12(4-2)15-13/h9-11H,3-8H2,1-2H3/t10-,11-. The number of hydrogen-bond acceptors (Lipinski definition) is 2. The molecule has 0 radical (unpaired) electrons. The van der Waals surface area contributed by atoms with Gasteiger partial charge in [-0.3, -0.25) is 0 Å². The van der Waals surface area contributed by atoms with Crippen molar-refractivity contribution in [3.63, 3.8) is 0 Å². The van der Waals surface area contributed by atoms with Crippen molar-refractivity contribution in [3.8, 4) is 0 Å². The van der Waals surface area contributed by atoms with E-state index in [1.807, 2.05) is 11.3 Å². The van der Waals surface area contributed by atoms with Gasteiger partial charge < -0.3 is 0 Å². The lowest BCUT2D eigenvalue weighted by molar-refractivity contribution is 0.318. The number of aromatic nitrogens is 1. The van der Waals surface area contributed by atoms with Crippen LogP contribution in [-0.2, 0) is 6.42 Å². The normalized spacial score (nSPS) is 26.8. The summed E-state index contributed by atoms with van der Waals surface area (Å²) in [5.41, 5.74) is 0. The van der Waals surface area contributed by atoms with Gasteiger partial charge in [-0.25, -0.2) is 4.98 Å². The van der Waals surface area contributed by atoms with Crippen molar-refractivity contribution >= 4 is 11.3 Å². The number of hydrogen-bond donors (Lipinski definition) is 0. The third kappa shape index (κ3) is 2.60. The highest BCUT2D eigenvalue weighted by Crippen LogP contribution is 2.38. The van der Waals surface area contributed by atoms with Crippen LogP contribution < -0.4 is 0 Å². The highest BCUT2D eigenvalue weighted by molar-refractivity contribution is 7.11. The first-order valence-corrected chi connectivity index (χ1v) is 7.09. The number of thiazole rings is 1. The van der Waals surface area contributed by atoms with Crippen LogP contribution in [0.4, 0.5) is 0 Å². The van der Waals surface area contributed by atoms with Gasteiger partial charge in [0.15, 0.2) is 0 Å². The van der Waals surface area contributed by atoms with E-state index in [1.54, 1.807) is 0 Å². The van der Waals surface area contributed by atoms with Gasteiger partial charge in [-0.15, -0.1) is 11.3 Å². The first-order valence-electron chi connectivity index (χ1n) is 6.28. The van der Waals surface area contributed by atoms with Crippen molar-refractivity contribution in [2.45, 2.75) is 58.3 Å². The van der Waals surface area contributed by atoms with E-state index >= 15 is 0 Å². The fraction of sp³-hybridized carbons (Fsp3) is 0.769. The van der Waals surface area contributed by atoms with Gasteiger partial charge in [0.25, 0.3) is 0 Å². The third-order valence-corrected chi connectivity index (χ3v) is 5.00. The summed E-state index contributed by atoms with van der Waals surface area (Å²) in [6.45, 7) is 4.54.